The van der Waals surface area contributed by atoms with Gasteiger partial charge in [0, 0.05) is 0 Å². The molecule has 0 fully saturated rings. The molecule has 1 aromatic rings. The van der Waals surface area contributed by atoms with Crippen LogP contribution < -0.4 is 4.74 Å². The highest BCUT2D eigenvalue weighted by Crippen LogP contribution is 2.15. The van der Waals surface area contributed by atoms with E-state index in [9.17, 15) is 5.11 Å². The molecule has 0 saturated heterocycles. The number of aryl methyl sites for hydroxylation is 1. The fourth-order valence-corrected chi connectivity index (χ4v) is 2.57. The maximum Gasteiger partial charge on any atom is 0.119 e. The minimum atomic E-state index is -0.614. The van der Waals surface area contributed by atoms with Gasteiger partial charge in [0.15, 0.2) is 0 Å². The van der Waals surface area contributed by atoms with E-state index in [0.717, 1.165) is 12.2 Å². The van der Waals surface area contributed by atoms with Crippen molar-refractivity contribution in [3.63, 3.8) is 0 Å². The number of hydrogen-bond acceptors (Lipinski definition) is 3. The average molecular weight is 335 g/mol. The third-order valence-electron chi connectivity index (χ3n) is 3.98. The lowest BCUT2D eigenvalue weighted by molar-refractivity contribution is 0.0214. The van der Waals surface area contributed by atoms with Crippen LogP contribution in [0.4, 0.5) is 0 Å². The summed E-state index contributed by atoms with van der Waals surface area (Å²) >= 11 is 0. The number of hydrogen-bond donors (Lipinski definition) is 1. The number of ether oxygens (including phenoxy) is 2. The molecule has 1 rings (SSSR count). The quantitative estimate of drug-likeness (QED) is 0.365. The summed E-state index contributed by atoms with van der Waals surface area (Å²) < 4.78 is 10.8. The molecule has 1 N–H and O–H groups in total. The zero-order valence-corrected chi connectivity index (χ0v) is 15.2. The van der Waals surface area contributed by atoms with E-state index in [1.807, 2.05) is 12.1 Å². The Balaban J connectivity index is 2.13. The Kier molecular flexibility index (Phi) is 12.1. The van der Waals surface area contributed by atoms with Crippen LogP contribution in [-0.4, -0.2) is 31.0 Å². The average Bonchev–Trinajstić information content (AvgIpc) is 2.60. The first-order valence-electron chi connectivity index (χ1n) is 9.34. The van der Waals surface area contributed by atoms with E-state index in [-0.39, 0.29) is 13.2 Å². The SMILES string of the molecule is C=CCOCC(O)COc1ccc(CCCCCCCCC)cc1. The molecule has 0 saturated carbocycles. The zero-order valence-electron chi connectivity index (χ0n) is 15.2. The molecule has 0 aliphatic carbocycles. The minimum Gasteiger partial charge on any atom is -0.491 e. The molecule has 0 aliphatic heterocycles. The molecule has 3 heteroatoms. The third kappa shape index (κ3) is 10.5. The standard InChI is InChI=1S/C21H34O3/c1-3-5-6-7-8-9-10-11-19-12-14-21(15-13-19)24-18-20(22)17-23-16-4-2/h4,12-15,20,22H,2-3,5-11,16-18H2,1H3. The molecule has 0 aromatic heterocycles. The predicted octanol–water partition coefficient (Wildman–Crippen LogP) is 4.92. The van der Waals surface area contributed by atoms with Gasteiger partial charge in [-0.05, 0) is 30.5 Å². The van der Waals surface area contributed by atoms with Crippen molar-refractivity contribution < 1.29 is 14.6 Å². The normalized spacial score (nSPS) is 12.1. The van der Waals surface area contributed by atoms with Gasteiger partial charge in [-0.15, -0.1) is 6.58 Å². The first-order chi connectivity index (χ1) is 11.8. The van der Waals surface area contributed by atoms with Crippen LogP contribution in [0.15, 0.2) is 36.9 Å². The van der Waals surface area contributed by atoms with Crippen LogP contribution >= 0.6 is 0 Å². The number of benzene rings is 1. The Labute approximate surface area is 147 Å². The van der Waals surface area contributed by atoms with Crippen molar-refractivity contribution in [2.75, 3.05) is 19.8 Å². The molecule has 1 atom stereocenters. The number of aliphatic hydroxyl groups is 1. The van der Waals surface area contributed by atoms with Gasteiger partial charge in [0.05, 0.1) is 13.2 Å². The van der Waals surface area contributed by atoms with Crippen molar-refractivity contribution in [2.24, 2.45) is 0 Å². The molecular weight excluding hydrogens is 300 g/mol. The van der Waals surface area contributed by atoms with E-state index in [2.05, 4.69) is 25.6 Å². The van der Waals surface area contributed by atoms with Crippen LogP contribution in [0, 0.1) is 0 Å². The smallest absolute Gasteiger partial charge is 0.119 e. The molecule has 0 amide bonds. The monoisotopic (exact) mass is 334 g/mol. The fourth-order valence-electron chi connectivity index (χ4n) is 2.57. The van der Waals surface area contributed by atoms with Crippen LogP contribution in [0.3, 0.4) is 0 Å². The van der Waals surface area contributed by atoms with Gasteiger partial charge in [-0.1, -0.05) is 63.7 Å². The first-order valence-corrected chi connectivity index (χ1v) is 9.34. The summed E-state index contributed by atoms with van der Waals surface area (Å²) in [6.45, 7) is 6.78. The van der Waals surface area contributed by atoms with Gasteiger partial charge in [0.1, 0.15) is 18.5 Å². The Hall–Kier alpha value is -1.32. The third-order valence-corrected chi connectivity index (χ3v) is 3.98. The van der Waals surface area contributed by atoms with Crippen molar-refractivity contribution in [1.29, 1.82) is 0 Å². The Bertz CT molecular complexity index is 414. The van der Waals surface area contributed by atoms with Gasteiger partial charge >= 0.3 is 0 Å². The molecule has 24 heavy (non-hydrogen) atoms. The zero-order chi connectivity index (χ0) is 17.5. The fraction of sp³-hybridized carbons (Fsp3) is 0.619. The van der Waals surface area contributed by atoms with Crippen LogP contribution in [0.1, 0.15) is 57.4 Å². The molecule has 1 aromatic carbocycles. The Morgan fingerprint density at radius 2 is 1.67 bits per heavy atom. The summed E-state index contributed by atoms with van der Waals surface area (Å²) in [5.74, 6) is 0.793. The van der Waals surface area contributed by atoms with Gasteiger partial charge in [0.2, 0.25) is 0 Å². The Morgan fingerprint density at radius 1 is 1.00 bits per heavy atom. The van der Waals surface area contributed by atoms with E-state index in [1.165, 1.54) is 50.5 Å². The molecule has 0 bridgehead atoms. The van der Waals surface area contributed by atoms with Gasteiger partial charge in [0.25, 0.3) is 0 Å². The Morgan fingerprint density at radius 3 is 2.33 bits per heavy atom. The molecule has 1 unspecified atom stereocenters. The van der Waals surface area contributed by atoms with Crippen LogP contribution in [0.25, 0.3) is 0 Å². The van der Waals surface area contributed by atoms with Gasteiger partial charge < -0.3 is 14.6 Å². The van der Waals surface area contributed by atoms with Gasteiger partial charge in [-0.3, -0.25) is 0 Å². The molecule has 3 nitrogen and oxygen atoms in total. The summed E-state index contributed by atoms with van der Waals surface area (Å²) in [5.41, 5.74) is 1.35. The van der Waals surface area contributed by atoms with Crippen LogP contribution in [0.2, 0.25) is 0 Å². The van der Waals surface area contributed by atoms with Crippen molar-refractivity contribution in [3.05, 3.63) is 42.5 Å². The number of rotatable bonds is 15. The van der Waals surface area contributed by atoms with Crippen LogP contribution in [0.5, 0.6) is 5.75 Å². The molecule has 0 radical (unpaired) electrons. The van der Waals surface area contributed by atoms with Crippen LogP contribution in [-0.2, 0) is 11.2 Å². The van der Waals surface area contributed by atoms with E-state index < -0.39 is 6.10 Å². The molecule has 136 valence electrons. The highest BCUT2D eigenvalue weighted by atomic mass is 16.5. The summed E-state index contributed by atoms with van der Waals surface area (Å²) in [6, 6.07) is 8.20. The largest absolute Gasteiger partial charge is 0.491 e. The minimum absolute atomic E-state index is 0.244. The molecule has 0 spiro atoms. The van der Waals surface area contributed by atoms with Crippen molar-refractivity contribution >= 4 is 0 Å². The van der Waals surface area contributed by atoms with Gasteiger partial charge in [-0.2, -0.15) is 0 Å². The van der Waals surface area contributed by atoms with Gasteiger partial charge in [-0.25, -0.2) is 0 Å². The highest BCUT2D eigenvalue weighted by Gasteiger charge is 2.05. The van der Waals surface area contributed by atoms with E-state index in [0.29, 0.717) is 6.61 Å². The second-order valence-electron chi connectivity index (χ2n) is 6.31. The summed E-state index contributed by atoms with van der Waals surface area (Å²) in [4.78, 5) is 0. The number of unbranched alkanes of at least 4 members (excludes halogenated alkanes) is 6. The summed E-state index contributed by atoms with van der Waals surface area (Å²) in [6.07, 6.45) is 11.6. The first kappa shape index (κ1) is 20.7. The van der Waals surface area contributed by atoms with E-state index in [1.54, 1.807) is 6.08 Å². The highest BCUT2D eigenvalue weighted by molar-refractivity contribution is 5.27. The predicted molar refractivity (Wildman–Crippen MR) is 101 cm³/mol. The van der Waals surface area contributed by atoms with Crippen molar-refractivity contribution in [3.8, 4) is 5.75 Å². The summed E-state index contributed by atoms with van der Waals surface area (Å²) in [7, 11) is 0. The number of aliphatic hydroxyl groups excluding tert-OH is 1. The summed E-state index contributed by atoms with van der Waals surface area (Å²) in [5, 5.41) is 9.73. The molecular formula is C21H34O3. The topological polar surface area (TPSA) is 38.7 Å². The van der Waals surface area contributed by atoms with E-state index in [4.69, 9.17) is 9.47 Å². The lowest BCUT2D eigenvalue weighted by Gasteiger charge is -2.12. The lowest BCUT2D eigenvalue weighted by atomic mass is 10.0. The maximum absolute atomic E-state index is 9.73. The lowest BCUT2D eigenvalue weighted by Crippen LogP contribution is -2.23. The second-order valence-corrected chi connectivity index (χ2v) is 6.31. The molecule has 0 heterocycles. The second kappa shape index (κ2) is 14.1. The van der Waals surface area contributed by atoms with Crippen molar-refractivity contribution in [1.82, 2.24) is 0 Å². The maximum atomic E-state index is 9.73. The van der Waals surface area contributed by atoms with E-state index >= 15 is 0 Å². The van der Waals surface area contributed by atoms with Crippen molar-refractivity contribution in [2.45, 2.75) is 64.4 Å². The molecule has 0 aliphatic rings.